The van der Waals surface area contributed by atoms with Gasteiger partial charge in [-0.1, -0.05) is 83.5 Å². The molecular weight excluding hydrogens is 532 g/mol. The van der Waals surface area contributed by atoms with Crippen LogP contribution in [-0.4, -0.2) is 28.6 Å². The van der Waals surface area contributed by atoms with Gasteiger partial charge in [-0.2, -0.15) is 0 Å². The van der Waals surface area contributed by atoms with Gasteiger partial charge in [-0.3, -0.25) is 4.79 Å². The van der Waals surface area contributed by atoms with Crippen LogP contribution in [0.3, 0.4) is 0 Å². The number of benzene rings is 1. The summed E-state index contributed by atoms with van der Waals surface area (Å²) >= 11 is -2.08. The topological polar surface area (TPSA) is 91.4 Å². The Bertz CT molecular complexity index is 638. The molecular formula is C21H35N3O3Os. The van der Waals surface area contributed by atoms with Gasteiger partial charge in [-0.25, -0.2) is 0 Å². The molecule has 0 bridgehead atoms. The number of carbonyl (C=O) groups is 1. The molecule has 6 nitrogen and oxygen atoms in total. The first-order valence-electron chi connectivity index (χ1n) is 9.28. The van der Waals surface area contributed by atoms with Crippen molar-refractivity contribution in [2.75, 3.05) is 0 Å². The van der Waals surface area contributed by atoms with Crippen LogP contribution < -0.4 is 5.32 Å². The molecule has 1 N–H and O–H groups in total. The third kappa shape index (κ3) is 12.3. The van der Waals surface area contributed by atoms with Gasteiger partial charge in [0.2, 0.25) is 5.91 Å². The van der Waals surface area contributed by atoms with Crippen LogP contribution in [-0.2, 0) is 29.2 Å². The van der Waals surface area contributed by atoms with Gasteiger partial charge in [-0.05, 0) is 20.8 Å². The van der Waals surface area contributed by atoms with Crippen LogP contribution in [0.25, 0.3) is 10.6 Å². The van der Waals surface area contributed by atoms with E-state index in [0.717, 1.165) is 5.56 Å². The number of nitrogens with one attached hydrogen (secondary N) is 1. The summed E-state index contributed by atoms with van der Waals surface area (Å²) in [6.07, 6.45) is 0. The van der Waals surface area contributed by atoms with Crippen LogP contribution in [0.4, 0.5) is 0 Å². The van der Waals surface area contributed by atoms with Gasteiger partial charge >= 0.3 is 24.4 Å². The second-order valence-electron chi connectivity index (χ2n) is 9.70. The SMILES string of the molecule is CC(C)(C)[N-][C@@H](C(=O)NC(C)(C)C)[C@@H]([N-]C(C)(C)C)c1ccccc1.[O]=[Os+2]=[O]. The van der Waals surface area contributed by atoms with Crippen molar-refractivity contribution >= 4 is 5.91 Å². The Morgan fingerprint density at radius 1 is 0.857 bits per heavy atom. The van der Waals surface area contributed by atoms with E-state index in [1.54, 1.807) is 0 Å². The Morgan fingerprint density at radius 3 is 1.64 bits per heavy atom. The summed E-state index contributed by atoms with van der Waals surface area (Å²) in [5, 5.41) is 12.9. The van der Waals surface area contributed by atoms with Crippen LogP contribution >= 0.6 is 0 Å². The molecule has 1 rings (SSSR count). The van der Waals surface area contributed by atoms with Crippen LogP contribution in [0.15, 0.2) is 30.3 Å². The third-order valence-electron chi connectivity index (χ3n) is 3.26. The number of hydrogen-bond acceptors (Lipinski definition) is 3. The molecule has 0 spiro atoms. The van der Waals surface area contributed by atoms with Gasteiger partial charge in [0.25, 0.3) is 0 Å². The van der Waals surface area contributed by atoms with Crippen LogP contribution in [0.1, 0.15) is 73.9 Å². The summed E-state index contributed by atoms with van der Waals surface area (Å²) in [5.41, 5.74) is 0.0970. The predicted molar refractivity (Wildman–Crippen MR) is 108 cm³/mol. The molecule has 0 saturated heterocycles. The number of rotatable bonds is 5. The number of hydrogen-bond donors (Lipinski definition) is 1. The average molecular weight is 568 g/mol. The van der Waals surface area contributed by atoms with E-state index in [1.807, 2.05) is 71.9 Å². The first-order valence-corrected chi connectivity index (χ1v) is 11.4. The molecule has 0 heterocycles. The molecule has 1 aromatic rings. The minimum atomic E-state index is -2.08. The van der Waals surface area contributed by atoms with Crippen molar-refractivity contribution in [1.29, 1.82) is 0 Å². The van der Waals surface area contributed by atoms with Crippen molar-refractivity contribution in [3.05, 3.63) is 46.5 Å². The first-order chi connectivity index (χ1) is 12.6. The van der Waals surface area contributed by atoms with Gasteiger partial charge in [0, 0.05) is 5.54 Å². The van der Waals surface area contributed by atoms with Gasteiger partial charge in [0.05, 0.1) is 0 Å². The molecule has 0 aliphatic rings. The standard InChI is InChI=1S/C21H35N3O.2O.Os/c1-19(2,3)22-16(15-13-11-10-12-14-15)17(23-20(4,5)6)18(25)24-21(7,8)9;;;/h10-14,16-17H,1-9H3,(H,24,25);;;/q-2;;;+2/t16-,17+;;;/m0.../s1. The maximum atomic E-state index is 13.1. The molecule has 1 aromatic carbocycles. The van der Waals surface area contributed by atoms with E-state index in [0.29, 0.717) is 0 Å². The Hall–Kier alpha value is -1.15. The van der Waals surface area contributed by atoms with Crippen molar-refractivity contribution in [3.63, 3.8) is 0 Å². The minimum absolute atomic E-state index is 0.0794. The van der Waals surface area contributed by atoms with Gasteiger partial charge in [-0.15, -0.1) is 17.1 Å². The quantitative estimate of drug-likeness (QED) is 0.536. The molecule has 0 fully saturated rings. The fourth-order valence-electron chi connectivity index (χ4n) is 2.53. The van der Waals surface area contributed by atoms with E-state index in [2.05, 4.69) is 26.1 Å². The molecule has 0 saturated carbocycles. The van der Waals surface area contributed by atoms with Crippen molar-refractivity contribution in [3.8, 4) is 0 Å². The summed E-state index contributed by atoms with van der Waals surface area (Å²) in [6, 6.07) is 9.10. The molecule has 2 atom stereocenters. The predicted octanol–water partition coefficient (Wildman–Crippen LogP) is 5.12. The van der Waals surface area contributed by atoms with Crippen LogP contribution in [0.2, 0.25) is 0 Å². The number of amides is 1. The molecule has 0 radical (unpaired) electrons. The second kappa shape index (κ2) is 11.1. The Kier molecular flexibility index (Phi) is 10.7. The zero-order chi connectivity index (χ0) is 22.2. The van der Waals surface area contributed by atoms with Crippen molar-refractivity contribution in [1.82, 2.24) is 5.32 Å². The van der Waals surface area contributed by atoms with E-state index in [-0.39, 0.29) is 28.6 Å². The molecule has 0 aliphatic carbocycles. The van der Waals surface area contributed by atoms with E-state index in [9.17, 15) is 4.79 Å². The Morgan fingerprint density at radius 2 is 1.29 bits per heavy atom. The Balaban J connectivity index is 0.00000227. The summed E-state index contributed by atoms with van der Waals surface area (Å²) in [4.78, 5) is 13.1. The van der Waals surface area contributed by atoms with Crippen LogP contribution in [0.5, 0.6) is 0 Å². The van der Waals surface area contributed by atoms with E-state index < -0.39 is 23.4 Å². The van der Waals surface area contributed by atoms with Crippen LogP contribution in [0, 0.1) is 0 Å². The summed E-state index contributed by atoms with van der Waals surface area (Å²) in [7, 11) is 0. The fraction of sp³-hybridized carbons (Fsp3) is 0.667. The monoisotopic (exact) mass is 569 g/mol. The normalized spacial score (nSPS) is 14.3. The zero-order valence-corrected chi connectivity index (χ0v) is 21.1. The molecule has 0 unspecified atom stereocenters. The van der Waals surface area contributed by atoms with Gasteiger partial charge < -0.3 is 16.0 Å². The molecule has 7 heteroatoms. The third-order valence-corrected chi connectivity index (χ3v) is 3.26. The van der Waals surface area contributed by atoms with E-state index >= 15 is 0 Å². The summed E-state index contributed by atoms with van der Waals surface area (Å²) in [6.45, 7) is 18.2. The molecule has 1 amide bonds. The average Bonchev–Trinajstić information content (AvgIpc) is 2.49. The fourth-order valence-corrected chi connectivity index (χ4v) is 2.53. The van der Waals surface area contributed by atoms with Crippen molar-refractivity contribution in [2.24, 2.45) is 0 Å². The molecule has 0 aromatic heterocycles. The van der Waals surface area contributed by atoms with Crippen molar-refractivity contribution in [2.45, 2.75) is 91.0 Å². The number of carbonyl (C=O) groups excluding carboxylic acids is 1. The molecule has 160 valence electrons. The number of nitrogens with zero attached hydrogens (tertiary/aromatic N) is 2. The van der Waals surface area contributed by atoms with E-state index in [4.69, 9.17) is 17.7 Å². The Labute approximate surface area is 178 Å². The van der Waals surface area contributed by atoms with Gasteiger partial charge in [0.15, 0.2) is 0 Å². The summed E-state index contributed by atoms with van der Waals surface area (Å²) in [5.74, 6) is -0.0794. The van der Waals surface area contributed by atoms with Crippen molar-refractivity contribution < 1.29 is 29.2 Å². The van der Waals surface area contributed by atoms with E-state index in [1.165, 1.54) is 0 Å². The zero-order valence-electron chi connectivity index (χ0n) is 18.5. The first kappa shape index (κ1) is 26.8. The molecule has 28 heavy (non-hydrogen) atoms. The maximum absolute atomic E-state index is 13.1. The summed E-state index contributed by atoms with van der Waals surface area (Å²) < 4.78 is 17.0. The van der Waals surface area contributed by atoms with Gasteiger partial charge in [0.1, 0.15) is 0 Å². The second-order valence-corrected chi connectivity index (χ2v) is 10.1. The molecule has 0 aliphatic heterocycles.